The lowest BCUT2D eigenvalue weighted by molar-refractivity contribution is 0.322. The minimum atomic E-state index is 0. The monoisotopic (exact) mass is 350 g/mol. The van der Waals surface area contributed by atoms with Gasteiger partial charge < -0.3 is 15.2 Å². The minimum absolute atomic E-state index is 0. The van der Waals surface area contributed by atoms with E-state index in [4.69, 9.17) is 15.2 Å². The van der Waals surface area contributed by atoms with Crippen molar-refractivity contribution in [3.63, 3.8) is 0 Å². The smallest absolute Gasteiger partial charge is 0.161 e. The summed E-state index contributed by atoms with van der Waals surface area (Å²) in [5.74, 6) is 1.51. The first-order valence-electron chi connectivity index (χ1n) is 6.02. The molecule has 1 fully saturated rings. The third kappa shape index (κ3) is 3.99. The van der Waals surface area contributed by atoms with Gasteiger partial charge in [0.2, 0.25) is 0 Å². The number of likely N-dealkylation sites (tertiary alicyclic amines) is 1. The van der Waals surface area contributed by atoms with Crippen LogP contribution in [-0.4, -0.2) is 38.3 Å². The van der Waals surface area contributed by atoms with Gasteiger partial charge in [0.1, 0.15) is 0 Å². The van der Waals surface area contributed by atoms with Crippen LogP contribution in [0.15, 0.2) is 16.6 Å². The molecule has 2 rings (SSSR count). The fourth-order valence-electron chi connectivity index (χ4n) is 2.26. The molecule has 0 bridgehead atoms. The van der Waals surface area contributed by atoms with Crippen molar-refractivity contribution in [3.8, 4) is 11.5 Å². The molecule has 1 aliphatic rings. The number of methoxy groups -OCH3 is 2. The van der Waals surface area contributed by atoms with Crippen LogP contribution in [0.5, 0.6) is 11.5 Å². The molecule has 2 N–H and O–H groups in total. The summed E-state index contributed by atoms with van der Waals surface area (Å²) in [6, 6.07) is 4.28. The highest BCUT2D eigenvalue weighted by Gasteiger charge is 2.20. The van der Waals surface area contributed by atoms with Gasteiger partial charge in [-0.3, -0.25) is 4.90 Å². The summed E-state index contributed by atoms with van der Waals surface area (Å²) >= 11 is 3.58. The molecule has 1 aromatic carbocycles. The third-order valence-electron chi connectivity index (χ3n) is 3.26. The number of rotatable bonds is 4. The highest BCUT2D eigenvalue weighted by Crippen LogP contribution is 2.34. The van der Waals surface area contributed by atoms with Crippen LogP contribution in [0, 0.1) is 0 Å². The Morgan fingerprint density at radius 2 is 1.95 bits per heavy atom. The van der Waals surface area contributed by atoms with E-state index in [1.807, 2.05) is 12.1 Å². The zero-order chi connectivity index (χ0) is 13.1. The van der Waals surface area contributed by atoms with Crippen molar-refractivity contribution in [2.75, 3.05) is 27.3 Å². The Morgan fingerprint density at radius 1 is 1.32 bits per heavy atom. The third-order valence-corrected chi connectivity index (χ3v) is 3.99. The quantitative estimate of drug-likeness (QED) is 0.905. The maximum atomic E-state index is 5.92. The van der Waals surface area contributed by atoms with Crippen LogP contribution in [0.25, 0.3) is 0 Å². The van der Waals surface area contributed by atoms with Gasteiger partial charge in [0.15, 0.2) is 11.5 Å². The van der Waals surface area contributed by atoms with Crippen molar-refractivity contribution in [1.82, 2.24) is 4.90 Å². The van der Waals surface area contributed by atoms with Gasteiger partial charge in [-0.15, -0.1) is 12.4 Å². The summed E-state index contributed by atoms with van der Waals surface area (Å²) in [6.07, 6.45) is 1.07. The number of nitrogens with two attached hydrogens (primary N) is 1. The van der Waals surface area contributed by atoms with Crippen LogP contribution in [-0.2, 0) is 6.54 Å². The first-order valence-corrected chi connectivity index (χ1v) is 6.81. The molecule has 108 valence electrons. The van der Waals surface area contributed by atoms with Crippen molar-refractivity contribution >= 4 is 28.3 Å². The van der Waals surface area contributed by atoms with Crippen LogP contribution < -0.4 is 15.2 Å². The second-order valence-electron chi connectivity index (χ2n) is 4.58. The van der Waals surface area contributed by atoms with Gasteiger partial charge in [-0.25, -0.2) is 0 Å². The summed E-state index contributed by atoms with van der Waals surface area (Å²) in [5.41, 5.74) is 7.12. The number of hydrogen-bond acceptors (Lipinski definition) is 4. The highest BCUT2D eigenvalue weighted by molar-refractivity contribution is 9.10. The molecule has 0 aromatic heterocycles. The topological polar surface area (TPSA) is 47.7 Å². The van der Waals surface area contributed by atoms with Crippen molar-refractivity contribution in [3.05, 3.63) is 22.2 Å². The Kier molecular flexibility index (Phi) is 6.39. The van der Waals surface area contributed by atoms with Gasteiger partial charge in [0.25, 0.3) is 0 Å². The summed E-state index contributed by atoms with van der Waals surface area (Å²) in [5, 5.41) is 0. The van der Waals surface area contributed by atoms with Crippen LogP contribution in [0.3, 0.4) is 0 Å². The SMILES string of the molecule is COc1cc(Br)c(CN2CCC(N)C2)cc1OC.Cl. The molecular formula is C13H20BrClN2O2. The Hall–Kier alpha value is -0.490. The minimum Gasteiger partial charge on any atom is -0.493 e. The van der Waals surface area contributed by atoms with E-state index < -0.39 is 0 Å². The Labute approximate surface area is 128 Å². The second kappa shape index (κ2) is 7.33. The molecule has 6 heteroatoms. The Balaban J connectivity index is 0.00000180. The van der Waals surface area contributed by atoms with E-state index in [2.05, 4.69) is 20.8 Å². The molecule has 0 amide bonds. The van der Waals surface area contributed by atoms with Gasteiger partial charge in [-0.05, 0) is 24.1 Å². The first kappa shape index (κ1) is 16.6. The summed E-state index contributed by atoms with van der Waals surface area (Å²) < 4.78 is 11.6. The molecule has 1 unspecified atom stereocenters. The molecule has 0 spiro atoms. The standard InChI is InChI=1S/C13H19BrN2O2.ClH/c1-17-12-5-9(11(14)6-13(12)18-2)7-16-4-3-10(15)8-16;/h5-6,10H,3-4,7-8,15H2,1-2H3;1H. The summed E-state index contributed by atoms with van der Waals surface area (Å²) in [7, 11) is 3.30. The molecule has 0 radical (unpaired) electrons. The van der Waals surface area contributed by atoms with E-state index in [0.29, 0.717) is 6.04 Å². The normalized spacial score (nSPS) is 19.1. The molecule has 1 aliphatic heterocycles. The molecule has 1 saturated heterocycles. The van der Waals surface area contributed by atoms with Crippen LogP contribution >= 0.6 is 28.3 Å². The molecule has 0 aliphatic carbocycles. The second-order valence-corrected chi connectivity index (χ2v) is 5.44. The lowest BCUT2D eigenvalue weighted by Gasteiger charge is -2.18. The van der Waals surface area contributed by atoms with Gasteiger partial charge in [-0.1, -0.05) is 15.9 Å². The molecule has 0 saturated carbocycles. The van der Waals surface area contributed by atoms with Gasteiger partial charge in [0.05, 0.1) is 14.2 Å². The largest absolute Gasteiger partial charge is 0.493 e. The number of hydrogen-bond donors (Lipinski definition) is 1. The highest BCUT2D eigenvalue weighted by atomic mass is 79.9. The number of nitrogens with zero attached hydrogens (tertiary/aromatic N) is 1. The van der Waals surface area contributed by atoms with E-state index in [0.717, 1.165) is 42.0 Å². The lowest BCUT2D eigenvalue weighted by Crippen LogP contribution is -2.26. The zero-order valence-electron chi connectivity index (χ0n) is 11.2. The van der Waals surface area contributed by atoms with Gasteiger partial charge >= 0.3 is 0 Å². The maximum absolute atomic E-state index is 5.92. The first-order chi connectivity index (χ1) is 8.63. The molecule has 19 heavy (non-hydrogen) atoms. The van der Waals surface area contributed by atoms with Crippen molar-refractivity contribution in [1.29, 1.82) is 0 Å². The fraction of sp³-hybridized carbons (Fsp3) is 0.538. The van der Waals surface area contributed by atoms with E-state index in [9.17, 15) is 0 Å². The Bertz CT molecular complexity index is 431. The van der Waals surface area contributed by atoms with Crippen molar-refractivity contribution in [2.24, 2.45) is 5.73 Å². The van der Waals surface area contributed by atoms with Crippen LogP contribution in [0.1, 0.15) is 12.0 Å². The summed E-state index contributed by atoms with van der Waals surface area (Å²) in [4.78, 5) is 2.36. The molecule has 1 atom stereocenters. The molecule has 1 heterocycles. The zero-order valence-corrected chi connectivity index (χ0v) is 13.6. The number of benzene rings is 1. The fourth-order valence-corrected chi connectivity index (χ4v) is 2.71. The van der Waals surface area contributed by atoms with E-state index >= 15 is 0 Å². The predicted molar refractivity (Wildman–Crippen MR) is 82.4 cm³/mol. The van der Waals surface area contributed by atoms with E-state index in [-0.39, 0.29) is 12.4 Å². The maximum Gasteiger partial charge on any atom is 0.161 e. The average Bonchev–Trinajstić information content (AvgIpc) is 2.77. The van der Waals surface area contributed by atoms with E-state index in [1.165, 1.54) is 5.56 Å². The number of ether oxygens (including phenoxy) is 2. The van der Waals surface area contributed by atoms with Gasteiger partial charge in [-0.2, -0.15) is 0 Å². The van der Waals surface area contributed by atoms with Crippen molar-refractivity contribution < 1.29 is 9.47 Å². The van der Waals surface area contributed by atoms with Gasteiger partial charge in [0, 0.05) is 30.1 Å². The van der Waals surface area contributed by atoms with Crippen LogP contribution in [0.4, 0.5) is 0 Å². The van der Waals surface area contributed by atoms with E-state index in [1.54, 1.807) is 14.2 Å². The van der Waals surface area contributed by atoms with Crippen LogP contribution in [0.2, 0.25) is 0 Å². The average molecular weight is 352 g/mol. The predicted octanol–water partition coefficient (Wildman–Crippen LogP) is 2.42. The molecule has 4 nitrogen and oxygen atoms in total. The number of halogens is 2. The lowest BCUT2D eigenvalue weighted by atomic mass is 10.2. The molecule has 1 aromatic rings. The van der Waals surface area contributed by atoms with Crippen molar-refractivity contribution in [2.45, 2.75) is 19.0 Å². The Morgan fingerprint density at radius 3 is 2.47 bits per heavy atom. The molecular weight excluding hydrogens is 332 g/mol. The summed E-state index contributed by atoms with van der Waals surface area (Å²) in [6.45, 7) is 2.90.